The number of hydrogen-bond acceptors (Lipinski definition) is 3. The van der Waals surface area contributed by atoms with E-state index in [2.05, 4.69) is 0 Å². The van der Waals surface area contributed by atoms with Crippen LogP contribution in [0.3, 0.4) is 0 Å². The molecule has 0 radical (unpaired) electrons. The predicted molar refractivity (Wildman–Crippen MR) is 72.7 cm³/mol. The third kappa shape index (κ3) is 5.60. The fourth-order valence-electron chi connectivity index (χ4n) is 1.69. The second kappa shape index (κ2) is 7.75. The minimum atomic E-state index is -4.40. The topological polar surface area (TPSA) is 52.3 Å². The molecule has 1 aromatic carbocycles. The summed E-state index contributed by atoms with van der Waals surface area (Å²) in [5.74, 6) is 0.575. The van der Waals surface area contributed by atoms with Crippen molar-refractivity contribution in [3.63, 3.8) is 0 Å². The van der Waals surface area contributed by atoms with Crippen molar-refractivity contribution in [1.29, 1.82) is 0 Å². The normalized spacial score (nSPS) is 15.1. The van der Waals surface area contributed by atoms with Crippen molar-refractivity contribution >= 4 is 10.8 Å². The fourth-order valence-corrected chi connectivity index (χ4v) is 2.89. The molecule has 2 N–H and O–H groups in total. The lowest BCUT2D eigenvalue weighted by atomic mass is 10.1. The first-order chi connectivity index (χ1) is 9.34. The third-order valence-corrected chi connectivity index (χ3v) is 4.20. The van der Waals surface area contributed by atoms with E-state index in [0.717, 1.165) is 12.1 Å². The first-order valence-corrected chi connectivity index (χ1v) is 7.60. The third-order valence-electron chi connectivity index (χ3n) is 2.73. The van der Waals surface area contributed by atoms with Crippen LogP contribution in [0.15, 0.2) is 24.3 Å². The lowest BCUT2D eigenvalue weighted by Crippen LogP contribution is -2.20. The van der Waals surface area contributed by atoms with Crippen molar-refractivity contribution in [3.05, 3.63) is 35.4 Å². The first kappa shape index (κ1) is 17.1. The van der Waals surface area contributed by atoms with Crippen LogP contribution in [0.4, 0.5) is 13.2 Å². The molecule has 0 saturated heterocycles. The van der Waals surface area contributed by atoms with Crippen LogP contribution in [0.1, 0.15) is 23.6 Å². The van der Waals surface area contributed by atoms with E-state index in [1.807, 2.05) is 0 Å². The molecule has 0 aliphatic heterocycles. The maximum absolute atomic E-state index is 12.6. The number of methoxy groups -OCH3 is 1. The van der Waals surface area contributed by atoms with Crippen LogP contribution in [-0.2, 0) is 21.7 Å². The summed E-state index contributed by atoms with van der Waals surface area (Å²) in [7, 11) is 0.387. The van der Waals surface area contributed by atoms with Crippen molar-refractivity contribution in [2.24, 2.45) is 5.73 Å². The number of halogens is 3. The zero-order chi connectivity index (χ0) is 15.2. The summed E-state index contributed by atoms with van der Waals surface area (Å²) in [6.07, 6.45) is -3.76. The van der Waals surface area contributed by atoms with E-state index in [4.69, 9.17) is 10.5 Å². The number of rotatable bonds is 7. The van der Waals surface area contributed by atoms with Crippen LogP contribution in [0.25, 0.3) is 0 Å². The van der Waals surface area contributed by atoms with Crippen LogP contribution in [-0.4, -0.2) is 29.4 Å². The average molecular weight is 309 g/mol. The smallest absolute Gasteiger partial charge is 0.385 e. The summed E-state index contributed by atoms with van der Waals surface area (Å²) in [5, 5.41) is 0. The van der Waals surface area contributed by atoms with Crippen molar-refractivity contribution < 1.29 is 22.1 Å². The molecule has 7 heteroatoms. The van der Waals surface area contributed by atoms with Crippen molar-refractivity contribution in [1.82, 2.24) is 0 Å². The summed E-state index contributed by atoms with van der Waals surface area (Å²) in [5.41, 5.74) is 5.43. The summed E-state index contributed by atoms with van der Waals surface area (Å²) in [4.78, 5) is 0. The fraction of sp³-hybridized carbons (Fsp3) is 0.538. The highest BCUT2D eigenvalue weighted by atomic mass is 32.2. The monoisotopic (exact) mass is 309 g/mol. The van der Waals surface area contributed by atoms with E-state index < -0.39 is 28.6 Å². The van der Waals surface area contributed by atoms with Gasteiger partial charge in [0.2, 0.25) is 0 Å². The number of ether oxygens (including phenoxy) is 1. The molecule has 0 spiro atoms. The zero-order valence-corrected chi connectivity index (χ0v) is 12.0. The zero-order valence-electron chi connectivity index (χ0n) is 11.2. The molecule has 0 aromatic heterocycles. The molecule has 0 aliphatic rings. The standard InChI is InChI=1S/C13H18F3NO2S/c1-19-6-3-7-20(18)9-12(17)10-4-2-5-11(8-10)13(14,15)16/h2,4-5,8,12H,3,6-7,9,17H2,1H3. The number of hydrogen-bond donors (Lipinski definition) is 1. The van der Waals surface area contributed by atoms with Gasteiger partial charge in [0.05, 0.1) is 5.56 Å². The molecule has 0 heterocycles. The molecule has 2 unspecified atom stereocenters. The Morgan fingerprint density at radius 2 is 2.10 bits per heavy atom. The van der Waals surface area contributed by atoms with Gasteiger partial charge in [-0.2, -0.15) is 13.2 Å². The Balaban J connectivity index is 2.63. The number of benzene rings is 1. The molecular formula is C13H18F3NO2S. The molecule has 0 fully saturated rings. The van der Waals surface area contributed by atoms with E-state index in [1.54, 1.807) is 7.11 Å². The molecule has 0 amide bonds. The van der Waals surface area contributed by atoms with Gasteiger partial charge in [0.15, 0.2) is 0 Å². The van der Waals surface area contributed by atoms with E-state index in [9.17, 15) is 17.4 Å². The highest BCUT2D eigenvalue weighted by molar-refractivity contribution is 7.85. The Bertz CT molecular complexity index is 451. The van der Waals surface area contributed by atoms with Gasteiger partial charge in [-0.25, -0.2) is 0 Å². The molecule has 114 valence electrons. The molecule has 0 saturated carbocycles. The minimum Gasteiger partial charge on any atom is -0.385 e. The van der Waals surface area contributed by atoms with Gasteiger partial charge in [-0.3, -0.25) is 4.21 Å². The minimum absolute atomic E-state index is 0.144. The van der Waals surface area contributed by atoms with E-state index in [1.165, 1.54) is 12.1 Å². The highest BCUT2D eigenvalue weighted by Gasteiger charge is 2.30. The molecule has 1 rings (SSSR count). The van der Waals surface area contributed by atoms with Crippen LogP contribution in [0.2, 0.25) is 0 Å². The average Bonchev–Trinajstić information content (AvgIpc) is 2.38. The maximum Gasteiger partial charge on any atom is 0.416 e. The highest BCUT2D eigenvalue weighted by Crippen LogP contribution is 2.30. The molecule has 0 bridgehead atoms. The largest absolute Gasteiger partial charge is 0.416 e. The van der Waals surface area contributed by atoms with Crippen LogP contribution < -0.4 is 5.73 Å². The van der Waals surface area contributed by atoms with Gasteiger partial charge in [-0.1, -0.05) is 12.1 Å². The second-order valence-corrected chi connectivity index (χ2v) is 6.01. The predicted octanol–water partition coefficient (Wildman–Crippen LogP) is 2.49. The van der Waals surface area contributed by atoms with Gasteiger partial charge in [0, 0.05) is 42.1 Å². The summed E-state index contributed by atoms with van der Waals surface area (Å²) < 4.78 is 54.3. The van der Waals surface area contributed by atoms with Crippen molar-refractivity contribution in [3.8, 4) is 0 Å². The summed E-state index contributed by atoms with van der Waals surface area (Å²) in [6, 6.07) is 4.17. The lowest BCUT2D eigenvalue weighted by molar-refractivity contribution is -0.137. The Hall–Kier alpha value is -0.920. The summed E-state index contributed by atoms with van der Waals surface area (Å²) >= 11 is 0. The van der Waals surface area contributed by atoms with Crippen molar-refractivity contribution in [2.75, 3.05) is 25.2 Å². The van der Waals surface area contributed by atoms with E-state index >= 15 is 0 Å². The van der Waals surface area contributed by atoms with Gasteiger partial charge in [-0.05, 0) is 24.1 Å². The molecular weight excluding hydrogens is 291 g/mol. The Morgan fingerprint density at radius 3 is 2.70 bits per heavy atom. The van der Waals surface area contributed by atoms with Crippen molar-refractivity contribution in [2.45, 2.75) is 18.6 Å². The summed E-state index contributed by atoms with van der Waals surface area (Å²) in [6.45, 7) is 0.505. The molecule has 1 aromatic rings. The van der Waals surface area contributed by atoms with Gasteiger partial charge in [0.1, 0.15) is 0 Å². The van der Waals surface area contributed by atoms with Crippen LogP contribution in [0.5, 0.6) is 0 Å². The Labute approximate surface area is 118 Å². The molecule has 0 aliphatic carbocycles. The van der Waals surface area contributed by atoms with E-state index in [-0.39, 0.29) is 5.75 Å². The second-order valence-electron chi connectivity index (χ2n) is 4.39. The Kier molecular flexibility index (Phi) is 6.64. The quantitative estimate of drug-likeness (QED) is 0.787. The number of alkyl halides is 3. The van der Waals surface area contributed by atoms with Crippen LogP contribution in [0, 0.1) is 0 Å². The molecule has 2 atom stereocenters. The van der Waals surface area contributed by atoms with Gasteiger partial charge in [-0.15, -0.1) is 0 Å². The molecule has 20 heavy (non-hydrogen) atoms. The van der Waals surface area contributed by atoms with Crippen LogP contribution >= 0.6 is 0 Å². The van der Waals surface area contributed by atoms with Gasteiger partial charge in [0.25, 0.3) is 0 Å². The Morgan fingerprint density at radius 1 is 1.40 bits per heavy atom. The lowest BCUT2D eigenvalue weighted by Gasteiger charge is -2.14. The number of nitrogens with two attached hydrogens (primary N) is 1. The molecule has 3 nitrogen and oxygen atoms in total. The SMILES string of the molecule is COCCCS(=O)CC(N)c1cccc(C(F)(F)F)c1. The van der Waals surface area contributed by atoms with Gasteiger partial charge < -0.3 is 10.5 Å². The first-order valence-electron chi connectivity index (χ1n) is 6.11. The maximum atomic E-state index is 12.6. The van der Waals surface area contributed by atoms with E-state index in [0.29, 0.717) is 24.3 Å². The van der Waals surface area contributed by atoms with Gasteiger partial charge >= 0.3 is 6.18 Å².